The van der Waals surface area contributed by atoms with Gasteiger partial charge in [-0.3, -0.25) is 24.6 Å². The van der Waals surface area contributed by atoms with E-state index in [-0.39, 0.29) is 24.5 Å². The lowest BCUT2D eigenvalue weighted by atomic mass is 10.2. The highest BCUT2D eigenvalue weighted by Crippen LogP contribution is 2.29. The van der Waals surface area contributed by atoms with E-state index < -0.39 is 16.7 Å². The molecule has 1 heterocycles. The molecule has 2 amide bonds. The van der Waals surface area contributed by atoms with Gasteiger partial charge in [0, 0.05) is 22.7 Å². The number of nitrogens with zero attached hydrogens (tertiary/aromatic N) is 2. The molecule has 2 N–H and O–H groups in total. The van der Waals surface area contributed by atoms with Crippen molar-refractivity contribution in [2.75, 3.05) is 18.5 Å². The van der Waals surface area contributed by atoms with E-state index in [2.05, 4.69) is 21.2 Å². The summed E-state index contributed by atoms with van der Waals surface area (Å²) >= 11 is 3.21. The van der Waals surface area contributed by atoms with Crippen molar-refractivity contribution in [1.29, 1.82) is 0 Å². The predicted molar refractivity (Wildman–Crippen MR) is 76.3 cm³/mol. The Kier molecular flexibility index (Phi) is 4.34. The molecule has 0 bridgehead atoms. The Hall–Kier alpha value is -2.26. The molecule has 0 unspecified atom stereocenters. The number of aliphatic hydroxyl groups is 1. The Morgan fingerprint density at radius 1 is 1.38 bits per heavy atom. The van der Waals surface area contributed by atoms with E-state index in [1.165, 1.54) is 18.2 Å². The number of benzene rings is 1. The quantitative estimate of drug-likeness (QED) is 0.463. The van der Waals surface area contributed by atoms with Gasteiger partial charge in [0.15, 0.2) is 0 Å². The van der Waals surface area contributed by atoms with Crippen LogP contribution in [0.15, 0.2) is 34.4 Å². The molecular formula is C12H10BrN3O5. The van der Waals surface area contributed by atoms with E-state index >= 15 is 0 Å². The number of β-amino-alcohol motifs (C(OH)–C–C–N with tert-alkyl or cyclic N) is 1. The van der Waals surface area contributed by atoms with Crippen molar-refractivity contribution < 1.29 is 19.6 Å². The number of imide groups is 1. The van der Waals surface area contributed by atoms with E-state index in [4.69, 9.17) is 5.11 Å². The Bertz CT molecular complexity index is 658. The Balaban J connectivity index is 2.25. The maximum Gasteiger partial charge on any atom is 0.277 e. The minimum Gasteiger partial charge on any atom is -0.395 e. The van der Waals surface area contributed by atoms with Gasteiger partial charge in [0.05, 0.1) is 23.8 Å². The summed E-state index contributed by atoms with van der Waals surface area (Å²) in [4.78, 5) is 34.6. The van der Waals surface area contributed by atoms with Gasteiger partial charge in [-0.05, 0) is 22.0 Å². The first-order valence-corrected chi connectivity index (χ1v) is 6.62. The summed E-state index contributed by atoms with van der Waals surface area (Å²) < 4.78 is 0.509. The first kappa shape index (κ1) is 15.1. The highest BCUT2D eigenvalue weighted by molar-refractivity contribution is 9.10. The molecule has 2 rings (SSSR count). The second kappa shape index (κ2) is 6.02. The number of hydrogen-bond donors (Lipinski definition) is 2. The molecule has 0 atom stereocenters. The Labute approximate surface area is 127 Å². The summed E-state index contributed by atoms with van der Waals surface area (Å²) in [7, 11) is 0. The molecule has 0 saturated heterocycles. The van der Waals surface area contributed by atoms with Gasteiger partial charge in [0.2, 0.25) is 0 Å². The number of nitro benzene ring substituents is 1. The zero-order valence-corrected chi connectivity index (χ0v) is 12.2. The number of amides is 2. The monoisotopic (exact) mass is 355 g/mol. The summed E-state index contributed by atoms with van der Waals surface area (Å²) in [6.45, 7) is -0.436. The van der Waals surface area contributed by atoms with Gasteiger partial charge in [-0.1, -0.05) is 0 Å². The van der Waals surface area contributed by atoms with Crippen LogP contribution in [0.4, 0.5) is 11.4 Å². The number of halogens is 1. The largest absolute Gasteiger partial charge is 0.395 e. The van der Waals surface area contributed by atoms with Crippen molar-refractivity contribution in [3.63, 3.8) is 0 Å². The molecule has 1 aromatic rings. The van der Waals surface area contributed by atoms with E-state index in [0.29, 0.717) is 10.2 Å². The van der Waals surface area contributed by atoms with Crippen LogP contribution in [0, 0.1) is 10.1 Å². The van der Waals surface area contributed by atoms with Crippen molar-refractivity contribution in [2.24, 2.45) is 0 Å². The lowest BCUT2D eigenvalue weighted by molar-refractivity contribution is -0.384. The van der Waals surface area contributed by atoms with Crippen LogP contribution in [0.3, 0.4) is 0 Å². The van der Waals surface area contributed by atoms with Gasteiger partial charge in [0.1, 0.15) is 5.70 Å². The summed E-state index contributed by atoms with van der Waals surface area (Å²) in [5.41, 5.74) is 0.141. The summed E-state index contributed by atoms with van der Waals surface area (Å²) in [6, 6.07) is 4.02. The summed E-state index contributed by atoms with van der Waals surface area (Å²) in [6.07, 6.45) is 1.09. The molecule has 0 fully saturated rings. The van der Waals surface area contributed by atoms with Gasteiger partial charge >= 0.3 is 0 Å². The molecule has 110 valence electrons. The number of non-ortho nitro benzene ring substituents is 1. The minimum absolute atomic E-state index is 0.00496. The van der Waals surface area contributed by atoms with Crippen LogP contribution in [0.2, 0.25) is 0 Å². The predicted octanol–water partition coefficient (Wildman–Crippen LogP) is 1.01. The second-order valence-corrected chi connectivity index (χ2v) is 4.98. The SMILES string of the molecule is O=C1C=C(Nc2cc([N+](=O)[O-])ccc2Br)C(=O)N1CCO. The van der Waals surface area contributed by atoms with Crippen LogP contribution in [-0.2, 0) is 9.59 Å². The van der Waals surface area contributed by atoms with Gasteiger partial charge < -0.3 is 10.4 Å². The van der Waals surface area contributed by atoms with Crippen molar-refractivity contribution in [3.8, 4) is 0 Å². The number of aliphatic hydroxyl groups excluding tert-OH is 1. The van der Waals surface area contributed by atoms with Crippen LogP contribution in [-0.4, -0.2) is 39.9 Å². The summed E-state index contributed by atoms with van der Waals surface area (Å²) in [5.74, 6) is -1.13. The Morgan fingerprint density at radius 2 is 2.10 bits per heavy atom. The molecule has 9 heteroatoms. The van der Waals surface area contributed by atoms with Gasteiger partial charge in [-0.15, -0.1) is 0 Å². The molecule has 0 spiro atoms. The van der Waals surface area contributed by atoms with E-state index in [9.17, 15) is 19.7 Å². The molecule has 0 aromatic heterocycles. The third kappa shape index (κ3) is 3.09. The van der Waals surface area contributed by atoms with Crippen LogP contribution in [0.25, 0.3) is 0 Å². The lowest BCUT2D eigenvalue weighted by Gasteiger charge is -2.13. The maximum atomic E-state index is 12.0. The first-order chi connectivity index (χ1) is 9.93. The van der Waals surface area contributed by atoms with Crippen LogP contribution < -0.4 is 5.32 Å². The third-order valence-electron chi connectivity index (χ3n) is 2.76. The highest BCUT2D eigenvalue weighted by Gasteiger charge is 2.31. The topological polar surface area (TPSA) is 113 Å². The zero-order valence-electron chi connectivity index (χ0n) is 10.6. The van der Waals surface area contributed by atoms with E-state index in [0.717, 1.165) is 11.0 Å². The third-order valence-corrected chi connectivity index (χ3v) is 3.45. The fourth-order valence-corrected chi connectivity index (χ4v) is 2.12. The molecular weight excluding hydrogens is 346 g/mol. The van der Waals surface area contributed by atoms with Crippen LogP contribution >= 0.6 is 15.9 Å². The number of carbonyl (C=O) groups is 2. The number of rotatable bonds is 5. The smallest absolute Gasteiger partial charge is 0.277 e. The fourth-order valence-electron chi connectivity index (χ4n) is 1.78. The van der Waals surface area contributed by atoms with E-state index in [1.807, 2.05) is 0 Å². The van der Waals surface area contributed by atoms with Gasteiger partial charge in [-0.2, -0.15) is 0 Å². The zero-order chi connectivity index (χ0) is 15.6. The van der Waals surface area contributed by atoms with Crippen LogP contribution in [0.5, 0.6) is 0 Å². The molecule has 21 heavy (non-hydrogen) atoms. The standard InChI is InChI=1S/C12H10BrN3O5/c13-8-2-1-7(16(20)21)5-9(8)14-10-6-11(18)15(3-4-17)12(10)19/h1-2,5-6,14,17H,3-4H2. The number of carbonyl (C=O) groups excluding carboxylic acids is 2. The second-order valence-electron chi connectivity index (χ2n) is 4.12. The van der Waals surface area contributed by atoms with Crippen LogP contribution in [0.1, 0.15) is 0 Å². The number of nitro groups is 1. The van der Waals surface area contributed by atoms with Crippen molar-refractivity contribution in [1.82, 2.24) is 4.90 Å². The van der Waals surface area contributed by atoms with Crippen molar-refractivity contribution in [3.05, 3.63) is 44.6 Å². The van der Waals surface area contributed by atoms with Crippen molar-refractivity contribution in [2.45, 2.75) is 0 Å². The number of nitrogens with one attached hydrogen (secondary N) is 1. The fraction of sp³-hybridized carbons (Fsp3) is 0.167. The Morgan fingerprint density at radius 3 is 2.71 bits per heavy atom. The lowest BCUT2D eigenvalue weighted by Crippen LogP contribution is -2.34. The molecule has 1 aromatic carbocycles. The van der Waals surface area contributed by atoms with E-state index in [1.54, 1.807) is 0 Å². The number of anilines is 1. The molecule has 1 aliphatic heterocycles. The molecule has 0 radical (unpaired) electrons. The maximum absolute atomic E-state index is 12.0. The summed E-state index contributed by atoms with van der Waals surface area (Å²) in [5, 5.41) is 22.2. The molecule has 0 saturated carbocycles. The van der Waals surface area contributed by atoms with Gasteiger partial charge in [0.25, 0.3) is 17.5 Å². The normalized spacial score (nSPS) is 14.4. The average Bonchev–Trinajstić information content (AvgIpc) is 2.69. The molecule has 1 aliphatic rings. The van der Waals surface area contributed by atoms with Crippen molar-refractivity contribution >= 4 is 39.1 Å². The average molecular weight is 356 g/mol. The molecule has 0 aliphatic carbocycles. The minimum atomic E-state index is -0.590. The van der Waals surface area contributed by atoms with Gasteiger partial charge in [-0.25, -0.2) is 0 Å². The highest BCUT2D eigenvalue weighted by atomic mass is 79.9. The molecule has 8 nitrogen and oxygen atoms in total. The first-order valence-electron chi connectivity index (χ1n) is 5.83. The number of hydrogen-bond acceptors (Lipinski definition) is 6.